The van der Waals surface area contributed by atoms with E-state index in [4.69, 9.17) is 4.74 Å². The summed E-state index contributed by atoms with van der Waals surface area (Å²) >= 11 is 0. The Balaban J connectivity index is 1.28. The van der Waals surface area contributed by atoms with Gasteiger partial charge in [-0.05, 0) is 29.5 Å². The highest BCUT2D eigenvalue weighted by Gasteiger charge is 2.17. The largest absolute Gasteiger partial charge is 0.379 e. The lowest BCUT2D eigenvalue weighted by atomic mass is 10.2. The molecular weight excluding hydrogens is 384 g/mol. The third-order valence-electron chi connectivity index (χ3n) is 5.13. The SMILES string of the molecule is CC(NC(=O)CCn1nnnc1CN1CCOCC1)c1cnn(-c2ccccc2)c1. The van der Waals surface area contributed by atoms with Gasteiger partial charge in [-0.15, -0.1) is 5.10 Å². The number of benzene rings is 1. The molecule has 1 N–H and O–H groups in total. The fraction of sp³-hybridized carbons (Fsp3) is 0.450. The molecule has 1 amide bonds. The molecule has 158 valence electrons. The van der Waals surface area contributed by atoms with Crippen LogP contribution >= 0.6 is 0 Å². The molecule has 0 aliphatic carbocycles. The second kappa shape index (κ2) is 9.59. The zero-order valence-electron chi connectivity index (χ0n) is 17.0. The van der Waals surface area contributed by atoms with Crippen LogP contribution < -0.4 is 5.32 Å². The molecule has 10 heteroatoms. The monoisotopic (exact) mass is 410 g/mol. The highest BCUT2D eigenvalue weighted by atomic mass is 16.5. The molecule has 2 aromatic heterocycles. The number of aryl methyl sites for hydroxylation is 1. The van der Waals surface area contributed by atoms with Crippen molar-refractivity contribution in [3.63, 3.8) is 0 Å². The Labute approximate surface area is 174 Å². The highest BCUT2D eigenvalue weighted by Crippen LogP contribution is 2.14. The molecule has 30 heavy (non-hydrogen) atoms. The molecular formula is C20H26N8O2. The first-order chi connectivity index (χ1) is 14.7. The molecule has 0 spiro atoms. The zero-order valence-corrected chi connectivity index (χ0v) is 17.0. The maximum atomic E-state index is 12.5. The van der Waals surface area contributed by atoms with Crippen LogP contribution in [0, 0.1) is 0 Å². The second-order valence-corrected chi connectivity index (χ2v) is 7.30. The Morgan fingerprint density at radius 2 is 2.03 bits per heavy atom. The minimum absolute atomic E-state index is 0.0530. The van der Waals surface area contributed by atoms with E-state index in [2.05, 4.69) is 30.8 Å². The van der Waals surface area contributed by atoms with E-state index in [-0.39, 0.29) is 11.9 Å². The van der Waals surface area contributed by atoms with Crippen LogP contribution in [0.2, 0.25) is 0 Å². The standard InChI is InChI=1S/C20H26N8O2/c1-16(17-13-21-28(14-17)18-5-3-2-4-6-18)22-20(29)7-8-27-19(23-24-25-27)15-26-9-11-30-12-10-26/h2-6,13-14,16H,7-12,15H2,1H3,(H,22,29). The van der Waals surface area contributed by atoms with E-state index in [1.807, 2.05) is 43.5 Å². The Morgan fingerprint density at radius 3 is 2.83 bits per heavy atom. The van der Waals surface area contributed by atoms with Crippen molar-refractivity contribution in [2.24, 2.45) is 0 Å². The molecule has 0 saturated carbocycles. The fourth-order valence-corrected chi connectivity index (χ4v) is 3.36. The Hall–Kier alpha value is -3.11. The summed E-state index contributed by atoms with van der Waals surface area (Å²) in [6.45, 7) is 6.22. The van der Waals surface area contributed by atoms with Crippen LogP contribution in [-0.4, -0.2) is 67.1 Å². The number of nitrogens with one attached hydrogen (secondary N) is 1. The van der Waals surface area contributed by atoms with E-state index >= 15 is 0 Å². The summed E-state index contributed by atoms with van der Waals surface area (Å²) in [6, 6.07) is 9.73. The molecule has 1 aliphatic rings. The van der Waals surface area contributed by atoms with E-state index in [0.29, 0.717) is 19.5 Å². The molecule has 0 bridgehead atoms. The lowest BCUT2D eigenvalue weighted by Crippen LogP contribution is -2.36. The lowest BCUT2D eigenvalue weighted by molar-refractivity contribution is -0.122. The van der Waals surface area contributed by atoms with Gasteiger partial charge in [-0.25, -0.2) is 9.36 Å². The number of amides is 1. The number of para-hydroxylation sites is 1. The van der Waals surface area contributed by atoms with Gasteiger partial charge in [0.15, 0.2) is 5.82 Å². The van der Waals surface area contributed by atoms with Gasteiger partial charge in [0, 0.05) is 31.3 Å². The quantitative estimate of drug-likeness (QED) is 0.590. The first-order valence-corrected chi connectivity index (χ1v) is 10.1. The van der Waals surface area contributed by atoms with Gasteiger partial charge >= 0.3 is 0 Å². The zero-order chi connectivity index (χ0) is 20.8. The van der Waals surface area contributed by atoms with Crippen molar-refractivity contribution < 1.29 is 9.53 Å². The molecule has 1 atom stereocenters. The van der Waals surface area contributed by atoms with Crippen LogP contribution in [-0.2, 0) is 22.6 Å². The van der Waals surface area contributed by atoms with Crippen LogP contribution in [0.3, 0.4) is 0 Å². The van der Waals surface area contributed by atoms with Crippen molar-refractivity contribution in [2.75, 3.05) is 26.3 Å². The van der Waals surface area contributed by atoms with Gasteiger partial charge in [0.25, 0.3) is 0 Å². The van der Waals surface area contributed by atoms with Crippen LogP contribution in [0.1, 0.15) is 30.8 Å². The number of carbonyl (C=O) groups is 1. The summed E-state index contributed by atoms with van der Waals surface area (Å²) in [7, 11) is 0. The molecule has 1 fully saturated rings. The maximum Gasteiger partial charge on any atom is 0.222 e. The smallest absolute Gasteiger partial charge is 0.222 e. The van der Waals surface area contributed by atoms with Crippen molar-refractivity contribution >= 4 is 5.91 Å². The van der Waals surface area contributed by atoms with Crippen LogP contribution in [0.4, 0.5) is 0 Å². The second-order valence-electron chi connectivity index (χ2n) is 7.30. The lowest BCUT2D eigenvalue weighted by Gasteiger charge is -2.25. The summed E-state index contributed by atoms with van der Waals surface area (Å²) in [5.74, 6) is 0.713. The van der Waals surface area contributed by atoms with Crippen LogP contribution in [0.15, 0.2) is 42.7 Å². The van der Waals surface area contributed by atoms with Gasteiger partial charge in [0.05, 0.1) is 44.2 Å². The van der Waals surface area contributed by atoms with Crippen molar-refractivity contribution in [3.8, 4) is 5.69 Å². The van der Waals surface area contributed by atoms with Crippen LogP contribution in [0.5, 0.6) is 0 Å². The topological polar surface area (TPSA) is 103 Å². The van der Waals surface area contributed by atoms with Gasteiger partial charge in [-0.2, -0.15) is 5.10 Å². The summed E-state index contributed by atoms with van der Waals surface area (Å²) in [4.78, 5) is 14.7. The van der Waals surface area contributed by atoms with Crippen molar-refractivity contribution in [1.82, 2.24) is 40.2 Å². The van der Waals surface area contributed by atoms with Gasteiger partial charge in [0.1, 0.15) is 0 Å². The third kappa shape index (κ3) is 5.08. The number of hydrogen-bond donors (Lipinski definition) is 1. The van der Waals surface area contributed by atoms with Crippen LogP contribution in [0.25, 0.3) is 5.69 Å². The molecule has 10 nitrogen and oxygen atoms in total. The number of rotatable bonds is 8. The number of nitrogens with zero attached hydrogens (tertiary/aromatic N) is 7. The molecule has 1 saturated heterocycles. The average molecular weight is 410 g/mol. The molecule has 1 unspecified atom stereocenters. The predicted molar refractivity (Wildman–Crippen MR) is 109 cm³/mol. The molecule has 1 aromatic carbocycles. The van der Waals surface area contributed by atoms with Crippen molar-refractivity contribution in [3.05, 3.63) is 54.1 Å². The first kappa shape index (κ1) is 20.2. The van der Waals surface area contributed by atoms with E-state index < -0.39 is 0 Å². The number of morpholine rings is 1. The Bertz CT molecular complexity index is 949. The Morgan fingerprint density at radius 1 is 1.23 bits per heavy atom. The van der Waals surface area contributed by atoms with Crippen molar-refractivity contribution in [1.29, 1.82) is 0 Å². The van der Waals surface area contributed by atoms with Crippen molar-refractivity contribution in [2.45, 2.75) is 32.5 Å². The van der Waals surface area contributed by atoms with E-state index in [1.165, 1.54) is 0 Å². The number of hydrogen-bond acceptors (Lipinski definition) is 7. The summed E-state index contributed by atoms with van der Waals surface area (Å²) in [5.41, 5.74) is 1.93. The molecule has 3 heterocycles. The van der Waals surface area contributed by atoms with Gasteiger partial charge in [-0.3, -0.25) is 9.69 Å². The minimum Gasteiger partial charge on any atom is -0.379 e. The van der Waals surface area contributed by atoms with Gasteiger partial charge < -0.3 is 10.1 Å². The highest BCUT2D eigenvalue weighted by molar-refractivity contribution is 5.76. The van der Waals surface area contributed by atoms with E-state index in [0.717, 1.165) is 43.4 Å². The normalized spacial score (nSPS) is 15.8. The molecule has 0 radical (unpaired) electrons. The average Bonchev–Trinajstić information content (AvgIpc) is 3.44. The maximum absolute atomic E-state index is 12.5. The third-order valence-corrected chi connectivity index (χ3v) is 5.13. The summed E-state index contributed by atoms with van der Waals surface area (Å²) < 4.78 is 8.87. The number of tetrazole rings is 1. The number of ether oxygens (including phenoxy) is 1. The summed E-state index contributed by atoms with van der Waals surface area (Å²) in [5, 5.41) is 19.3. The number of aromatic nitrogens is 6. The molecule has 1 aliphatic heterocycles. The summed E-state index contributed by atoms with van der Waals surface area (Å²) in [6.07, 6.45) is 4.01. The number of carbonyl (C=O) groups excluding carboxylic acids is 1. The van der Waals surface area contributed by atoms with Gasteiger partial charge in [-0.1, -0.05) is 18.2 Å². The van der Waals surface area contributed by atoms with E-state index in [9.17, 15) is 4.79 Å². The Kier molecular flexibility index (Phi) is 6.45. The molecule has 4 rings (SSSR count). The fourth-order valence-electron chi connectivity index (χ4n) is 3.36. The van der Waals surface area contributed by atoms with Gasteiger partial charge in [0.2, 0.25) is 5.91 Å². The minimum atomic E-state index is -0.142. The van der Waals surface area contributed by atoms with E-state index in [1.54, 1.807) is 15.6 Å². The first-order valence-electron chi connectivity index (χ1n) is 10.1. The molecule has 3 aromatic rings. The predicted octanol–water partition coefficient (Wildman–Crippen LogP) is 0.959.